The number of anilines is 1. The van der Waals surface area contributed by atoms with E-state index >= 15 is 0 Å². The first-order valence-electron chi connectivity index (χ1n) is 10.9. The van der Waals surface area contributed by atoms with Crippen molar-refractivity contribution in [3.8, 4) is 0 Å². The van der Waals surface area contributed by atoms with E-state index < -0.39 is 0 Å². The van der Waals surface area contributed by atoms with Crippen LogP contribution in [0.1, 0.15) is 29.8 Å². The third-order valence-corrected chi connectivity index (χ3v) is 7.55. The number of fused-ring (bicyclic) bond motifs is 1. The molecule has 3 aromatic rings. The molecule has 5 nitrogen and oxygen atoms in total. The Morgan fingerprint density at radius 2 is 2.03 bits per heavy atom. The Morgan fingerprint density at radius 1 is 1.27 bits per heavy atom. The van der Waals surface area contributed by atoms with Gasteiger partial charge in [0.05, 0.1) is 23.4 Å². The minimum Gasteiger partial charge on any atom is -0.379 e. The quantitative estimate of drug-likeness (QED) is 0.345. The molecule has 0 unspecified atom stereocenters. The second-order valence-electron chi connectivity index (χ2n) is 8.17. The van der Waals surface area contributed by atoms with Crippen LogP contribution in [-0.4, -0.2) is 60.4 Å². The first-order chi connectivity index (χ1) is 15.4. The van der Waals surface area contributed by atoms with Crippen molar-refractivity contribution >= 4 is 68.4 Å². The number of carbonyl (C=O) groups is 1. The number of aryl methyl sites for hydroxylation is 1. The van der Waals surface area contributed by atoms with Gasteiger partial charge in [-0.25, -0.2) is 4.98 Å². The van der Waals surface area contributed by atoms with E-state index in [1.165, 1.54) is 11.3 Å². The minimum atomic E-state index is -0.0210. The molecule has 178 valence electrons. The fourth-order valence-corrected chi connectivity index (χ4v) is 6.08. The first-order valence-corrected chi connectivity index (χ1v) is 12.9. The van der Waals surface area contributed by atoms with Crippen LogP contribution in [0.4, 0.5) is 5.13 Å². The van der Waals surface area contributed by atoms with Crippen LogP contribution in [0.15, 0.2) is 41.3 Å². The summed E-state index contributed by atoms with van der Waals surface area (Å²) in [4.78, 5) is 23.8. The highest BCUT2D eigenvalue weighted by Gasteiger charge is 2.23. The molecule has 1 amide bonds. The fourth-order valence-electron chi connectivity index (χ4n) is 3.74. The zero-order chi connectivity index (χ0) is 22.7. The van der Waals surface area contributed by atoms with Gasteiger partial charge in [0.1, 0.15) is 0 Å². The Kier molecular flexibility index (Phi) is 9.44. The number of hydrogen-bond acceptors (Lipinski definition) is 6. The average Bonchev–Trinajstić information content (AvgIpc) is 3.18. The first kappa shape index (κ1) is 26.3. The SMILES string of the molecule is Cc1cc(Cl)cc2sc(N(CCN3CCOCC3)C(=O)c3cccc(SC(C)C)c3)nc12.Cl. The van der Waals surface area contributed by atoms with E-state index in [1.807, 2.05) is 42.2 Å². The Hall–Kier alpha value is -1.35. The van der Waals surface area contributed by atoms with Crippen LogP contribution in [0, 0.1) is 6.92 Å². The lowest BCUT2D eigenvalue weighted by Gasteiger charge is -2.29. The van der Waals surface area contributed by atoms with E-state index in [-0.39, 0.29) is 18.3 Å². The number of amides is 1. The number of thioether (sulfide) groups is 1. The van der Waals surface area contributed by atoms with Crippen molar-refractivity contribution in [2.24, 2.45) is 0 Å². The lowest BCUT2D eigenvalue weighted by Crippen LogP contribution is -2.43. The van der Waals surface area contributed by atoms with Crippen LogP contribution in [0.3, 0.4) is 0 Å². The Balaban J connectivity index is 0.00000306. The molecular weight excluding hydrogens is 497 g/mol. The van der Waals surface area contributed by atoms with Gasteiger partial charge in [-0.1, -0.05) is 42.9 Å². The van der Waals surface area contributed by atoms with Gasteiger partial charge in [-0.2, -0.15) is 0 Å². The summed E-state index contributed by atoms with van der Waals surface area (Å²) in [6.45, 7) is 10.9. The molecule has 33 heavy (non-hydrogen) atoms. The zero-order valence-corrected chi connectivity index (χ0v) is 22.3. The van der Waals surface area contributed by atoms with Crippen LogP contribution >= 0.6 is 47.1 Å². The molecule has 1 aromatic heterocycles. The van der Waals surface area contributed by atoms with Crippen LogP contribution in [0.5, 0.6) is 0 Å². The maximum absolute atomic E-state index is 13.7. The van der Waals surface area contributed by atoms with E-state index in [4.69, 9.17) is 21.3 Å². The van der Waals surface area contributed by atoms with Gasteiger partial charge in [0, 0.05) is 46.9 Å². The number of hydrogen-bond donors (Lipinski definition) is 0. The molecule has 1 fully saturated rings. The molecule has 1 aliphatic rings. The van der Waals surface area contributed by atoms with Gasteiger partial charge in [0.2, 0.25) is 0 Å². The normalized spacial score (nSPS) is 14.5. The molecule has 9 heteroatoms. The van der Waals surface area contributed by atoms with Gasteiger partial charge in [-0.15, -0.1) is 24.2 Å². The van der Waals surface area contributed by atoms with Crippen LogP contribution in [0.2, 0.25) is 5.02 Å². The van der Waals surface area contributed by atoms with Crippen molar-refractivity contribution < 1.29 is 9.53 Å². The molecule has 0 spiro atoms. The number of halogens is 2. The van der Waals surface area contributed by atoms with Crippen molar-refractivity contribution in [1.29, 1.82) is 0 Å². The molecule has 1 saturated heterocycles. The average molecular weight is 527 g/mol. The monoisotopic (exact) mass is 525 g/mol. The smallest absolute Gasteiger partial charge is 0.260 e. The van der Waals surface area contributed by atoms with Crippen molar-refractivity contribution in [1.82, 2.24) is 9.88 Å². The number of ether oxygens (including phenoxy) is 1. The summed E-state index contributed by atoms with van der Waals surface area (Å²) in [5, 5.41) is 1.86. The predicted octanol–water partition coefficient (Wildman–Crippen LogP) is 6.16. The zero-order valence-electron chi connectivity index (χ0n) is 19.0. The Labute approximate surface area is 214 Å². The van der Waals surface area contributed by atoms with E-state index in [0.29, 0.717) is 27.5 Å². The van der Waals surface area contributed by atoms with E-state index in [0.717, 1.165) is 53.5 Å². The Bertz CT molecular complexity index is 1100. The molecule has 1 aliphatic heterocycles. The maximum Gasteiger partial charge on any atom is 0.260 e. The summed E-state index contributed by atoms with van der Waals surface area (Å²) in [5.74, 6) is -0.0210. The summed E-state index contributed by atoms with van der Waals surface area (Å²) < 4.78 is 6.47. The molecule has 0 aliphatic carbocycles. The highest BCUT2D eigenvalue weighted by Crippen LogP contribution is 2.34. The number of carbonyl (C=O) groups excluding carboxylic acids is 1. The van der Waals surface area contributed by atoms with E-state index in [9.17, 15) is 4.79 Å². The van der Waals surface area contributed by atoms with Crippen LogP contribution in [-0.2, 0) is 4.74 Å². The molecule has 0 atom stereocenters. The highest BCUT2D eigenvalue weighted by molar-refractivity contribution is 7.99. The number of aromatic nitrogens is 1. The summed E-state index contributed by atoms with van der Waals surface area (Å²) >= 11 is 9.55. The van der Waals surface area contributed by atoms with Crippen LogP contribution in [0.25, 0.3) is 10.2 Å². The molecule has 2 aromatic carbocycles. The number of thiazole rings is 1. The lowest BCUT2D eigenvalue weighted by atomic mass is 10.2. The lowest BCUT2D eigenvalue weighted by molar-refractivity contribution is 0.0391. The topological polar surface area (TPSA) is 45.7 Å². The van der Waals surface area contributed by atoms with Crippen molar-refractivity contribution in [3.63, 3.8) is 0 Å². The standard InChI is InChI=1S/C24H28ClN3O2S2.ClH/c1-16(2)31-20-6-4-5-18(14-20)23(29)28(8-7-27-9-11-30-12-10-27)24-26-22-17(3)13-19(25)15-21(22)32-24;/h4-6,13-16H,7-12H2,1-3H3;1H. The van der Waals surface area contributed by atoms with Crippen molar-refractivity contribution in [3.05, 3.63) is 52.5 Å². The molecule has 0 N–H and O–H groups in total. The fraction of sp³-hybridized carbons (Fsp3) is 0.417. The van der Waals surface area contributed by atoms with Gasteiger partial charge < -0.3 is 4.74 Å². The van der Waals surface area contributed by atoms with Gasteiger partial charge in [-0.3, -0.25) is 14.6 Å². The maximum atomic E-state index is 13.7. The van der Waals surface area contributed by atoms with Gasteiger partial charge in [0.25, 0.3) is 5.91 Å². The molecular formula is C24H29Cl2N3O2S2. The van der Waals surface area contributed by atoms with Crippen molar-refractivity contribution in [2.75, 3.05) is 44.3 Å². The second-order valence-corrected chi connectivity index (χ2v) is 11.3. The molecule has 0 radical (unpaired) electrons. The third-order valence-electron chi connectivity index (χ3n) is 5.31. The van der Waals surface area contributed by atoms with Gasteiger partial charge in [-0.05, 0) is 42.8 Å². The number of benzene rings is 2. The van der Waals surface area contributed by atoms with Gasteiger partial charge in [0.15, 0.2) is 5.13 Å². The highest BCUT2D eigenvalue weighted by atomic mass is 35.5. The Morgan fingerprint density at radius 3 is 2.76 bits per heavy atom. The molecule has 2 heterocycles. The van der Waals surface area contributed by atoms with Crippen LogP contribution < -0.4 is 4.90 Å². The second kappa shape index (κ2) is 11.9. The predicted molar refractivity (Wildman–Crippen MR) is 143 cm³/mol. The summed E-state index contributed by atoms with van der Waals surface area (Å²) in [6.07, 6.45) is 0. The molecule has 0 saturated carbocycles. The minimum absolute atomic E-state index is 0. The third kappa shape index (κ3) is 6.62. The van der Waals surface area contributed by atoms with Gasteiger partial charge >= 0.3 is 0 Å². The van der Waals surface area contributed by atoms with E-state index in [2.05, 4.69) is 24.8 Å². The molecule has 4 rings (SSSR count). The number of morpholine rings is 1. The summed E-state index contributed by atoms with van der Waals surface area (Å²) in [7, 11) is 0. The summed E-state index contributed by atoms with van der Waals surface area (Å²) in [5.41, 5.74) is 2.61. The van der Waals surface area contributed by atoms with Crippen molar-refractivity contribution in [2.45, 2.75) is 30.9 Å². The van der Waals surface area contributed by atoms with E-state index in [1.54, 1.807) is 11.8 Å². The summed E-state index contributed by atoms with van der Waals surface area (Å²) in [6, 6.07) is 11.7. The largest absolute Gasteiger partial charge is 0.379 e. The number of rotatable bonds is 7. The number of nitrogens with zero attached hydrogens (tertiary/aromatic N) is 3. The molecule has 0 bridgehead atoms.